The first-order valence-electron chi connectivity index (χ1n) is 9.99. The van der Waals surface area contributed by atoms with Crippen LogP contribution in [0.2, 0.25) is 0 Å². The summed E-state index contributed by atoms with van der Waals surface area (Å²) in [6, 6.07) is 15.6. The van der Waals surface area contributed by atoms with Crippen LogP contribution in [0.3, 0.4) is 0 Å². The minimum Gasteiger partial charge on any atom is -0.484 e. The molecular formula is C23H22N4O4. The number of rotatable bonds is 6. The number of hydrogen-bond acceptors (Lipinski definition) is 5. The average Bonchev–Trinajstić information content (AvgIpc) is 3.18. The van der Waals surface area contributed by atoms with E-state index < -0.39 is 0 Å². The van der Waals surface area contributed by atoms with Crippen molar-refractivity contribution in [3.05, 3.63) is 70.6 Å². The lowest BCUT2D eigenvalue weighted by atomic mass is 10.2. The van der Waals surface area contributed by atoms with Crippen molar-refractivity contribution in [3.8, 4) is 17.1 Å². The molecule has 3 aromatic rings. The van der Waals surface area contributed by atoms with Crippen LogP contribution in [0, 0.1) is 6.92 Å². The largest absolute Gasteiger partial charge is 0.484 e. The van der Waals surface area contributed by atoms with E-state index in [1.54, 1.807) is 48.2 Å². The molecule has 0 radical (unpaired) electrons. The number of carbonyl (C=O) groups is 2. The molecule has 1 aliphatic rings. The molecule has 2 amide bonds. The number of anilines is 2. The quantitative estimate of drug-likeness (QED) is 0.641. The van der Waals surface area contributed by atoms with Gasteiger partial charge in [-0.3, -0.25) is 14.4 Å². The zero-order valence-corrected chi connectivity index (χ0v) is 17.1. The van der Waals surface area contributed by atoms with E-state index in [1.165, 1.54) is 6.07 Å². The molecule has 1 saturated heterocycles. The Balaban J connectivity index is 1.36. The lowest BCUT2D eigenvalue weighted by Crippen LogP contribution is -2.23. The van der Waals surface area contributed by atoms with Crippen molar-refractivity contribution < 1.29 is 14.3 Å². The van der Waals surface area contributed by atoms with Gasteiger partial charge in [-0.15, -0.1) is 0 Å². The van der Waals surface area contributed by atoms with Gasteiger partial charge in [0.1, 0.15) is 11.6 Å². The van der Waals surface area contributed by atoms with Crippen LogP contribution < -0.4 is 20.5 Å². The van der Waals surface area contributed by atoms with Gasteiger partial charge in [0, 0.05) is 41.7 Å². The summed E-state index contributed by atoms with van der Waals surface area (Å²) in [4.78, 5) is 44.6. The molecule has 158 valence electrons. The Hall–Kier alpha value is -3.94. The Morgan fingerprint density at radius 1 is 1.16 bits per heavy atom. The highest BCUT2D eigenvalue weighted by Gasteiger charge is 2.21. The third-order valence-electron chi connectivity index (χ3n) is 4.88. The van der Waals surface area contributed by atoms with Crippen LogP contribution in [-0.2, 0) is 9.59 Å². The molecule has 2 aromatic carbocycles. The predicted molar refractivity (Wildman–Crippen MR) is 117 cm³/mol. The average molecular weight is 418 g/mol. The fourth-order valence-corrected chi connectivity index (χ4v) is 3.45. The first-order valence-corrected chi connectivity index (χ1v) is 9.99. The summed E-state index contributed by atoms with van der Waals surface area (Å²) in [5.74, 6) is 0.789. The Bertz CT molecular complexity index is 1170. The molecule has 31 heavy (non-hydrogen) atoms. The lowest BCUT2D eigenvalue weighted by molar-refractivity contribution is -0.118. The summed E-state index contributed by atoms with van der Waals surface area (Å²) in [6.45, 7) is 2.31. The molecule has 0 unspecified atom stereocenters. The minimum absolute atomic E-state index is 0.125. The maximum atomic E-state index is 12.3. The van der Waals surface area contributed by atoms with E-state index in [2.05, 4.69) is 15.3 Å². The van der Waals surface area contributed by atoms with Crippen LogP contribution in [0.4, 0.5) is 11.4 Å². The molecule has 0 aliphatic carbocycles. The summed E-state index contributed by atoms with van der Waals surface area (Å²) >= 11 is 0. The summed E-state index contributed by atoms with van der Waals surface area (Å²) in [5.41, 5.74) is 2.47. The van der Waals surface area contributed by atoms with Crippen molar-refractivity contribution in [2.75, 3.05) is 23.4 Å². The molecule has 0 saturated carbocycles. The fraction of sp³-hybridized carbons (Fsp3) is 0.217. The van der Waals surface area contributed by atoms with E-state index >= 15 is 0 Å². The number of aryl methyl sites for hydroxylation is 1. The molecule has 8 nitrogen and oxygen atoms in total. The molecule has 4 rings (SSSR count). The van der Waals surface area contributed by atoms with Gasteiger partial charge in [-0.05, 0) is 49.7 Å². The summed E-state index contributed by atoms with van der Waals surface area (Å²) in [6.07, 6.45) is 1.45. The van der Waals surface area contributed by atoms with E-state index in [0.717, 1.165) is 18.7 Å². The molecule has 1 aromatic heterocycles. The van der Waals surface area contributed by atoms with Gasteiger partial charge in [0.2, 0.25) is 5.91 Å². The van der Waals surface area contributed by atoms with E-state index in [1.807, 2.05) is 12.1 Å². The second-order valence-corrected chi connectivity index (χ2v) is 7.30. The number of H-pyrrole nitrogens is 1. The van der Waals surface area contributed by atoms with Crippen molar-refractivity contribution in [1.29, 1.82) is 0 Å². The normalized spacial score (nSPS) is 13.3. The second-order valence-electron chi connectivity index (χ2n) is 7.30. The SMILES string of the molecule is Cc1cc(=O)[nH]c(-c2cccc(NC(=O)COc3ccc(N4CCCC4=O)cc3)c2)n1. The molecule has 2 N–H and O–H groups in total. The van der Waals surface area contributed by atoms with Gasteiger partial charge >= 0.3 is 0 Å². The smallest absolute Gasteiger partial charge is 0.262 e. The molecule has 0 spiro atoms. The molecule has 8 heteroatoms. The zero-order chi connectivity index (χ0) is 21.8. The van der Waals surface area contributed by atoms with Crippen LogP contribution in [-0.4, -0.2) is 34.9 Å². The Morgan fingerprint density at radius 2 is 1.97 bits per heavy atom. The number of benzene rings is 2. The Labute approximate surface area is 178 Å². The zero-order valence-electron chi connectivity index (χ0n) is 17.1. The third-order valence-corrected chi connectivity index (χ3v) is 4.88. The Kier molecular flexibility index (Phi) is 5.79. The molecule has 1 aliphatic heterocycles. The molecular weight excluding hydrogens is 396 g/mol. The number of aromatic nitrogens is 2. The highest BCUT2D eigenvalue weighted by atomic mass is 16.5. The molecule has 0 atom stereocenters. The maximum Gasteiger partial charge on any atom is 0.262 e. The van der Waals surface area contributed by atoms with Crippen molar-refractivity contribution in [2.24, 2.45) is 0 Å². The van der Waals surface area contributed by atoms with E-state index in [4.69, 9.17) is 4.74 Å². The lowest BCUT2D eigenvalue weighted by Gasteiger charge is -2.16. The predicted octanol–water partition coefficient (Wildman–Crippen LogP) is 2.89. The van der Waals surface area contributed by atoms with Crippen LogP contribution in [0.1, 0.15) is 18.5 Å². The number of amides is 2. The van der Waals surface area contributed by atoms with E-state index in [-0.39, 0.29) is 24.0 Å². The van der Waals surface area contributed by atoms with Crippen molar-refractivity contribution >= 4 is 23.2 Å². The highest BCUT2D eigenvalue weighted by Crippen LogP contribution is 2.24. The third kappa shape index (κ3) is 4.98. The summed E-state index contributed by atoms with van der Waals surface area (Å²) in [5, 5.41) is 2.78. The van der Waals surface area contributed by atoms with Gasteiger partial charge in [-0.1, -0.05) is 12.1 Å². The van der Waals surface area contributed by atoms with Gasteiger partial charge in [0.05, 0.1) is 0 Å². The molecule has 0 bridgehead atoms. The number of ether oxygens (including phenoxy) is 1. The van der Waals surface area contributed by atoms with Gasteiger partial charge in [0.25, 0.3) is 11.5 Å². The summed E-state index contributed by atoms with van der Waals surface area (Å²) < 4.78 is 5.56. The second kappa shape index (κ2) is 8.83. The standard InChI is InChI=1S/C23H22N4O4/c1-15-12-20(28)26-23(24-15)16-4-2-5-17(13-16)25-21(29)14-31-19-9-7-18(8-10-19)27-11-3-6-22(27)30/h2,4-5,7-10,12-13H,3,6,11,14H2,1H3,(H,25,29)(H,24,26,28). The van der Waals surface area contributed by atoms with Crippen LogP contribution >= 0.6 is 0 Å². The maximum absolute atomic E-state index is 12.3. The first kappa shape index (κ1) is 20.3. The van der Waals surface area contributed by atoms with Crippen LogP contribution in [0.25, 0.3) is 11.4 Å². The monoisotopic (exact) mass is 418 g/mol. The van der Waals surface area contributed by atoms with Gasteiger partial charge in [-0.25, -0.2) is 4.98 Å². The van der Waals surface area contributed by atoms with Crippen molar-refractivity contribution in [1.82, 2.24) is 9.97 Å². The van der Waals surface area contributed by atoms with Crippen molar-refractivity contribution in [3.63, 3.8) is 0 Å². The molecule has 2 heterocycles. The number of carbonyl (C=O) groups excluding carboxylic acids is 2. The molecule has 1 fully saturated rings. The van der Waals surface area contributed by atoms with Crippen molar-refractivity contribution in [2.45, 2.75) is 19.8 Å². The minimum atomic E-state index is -0.318. The number of nitrogens with one attached hydrogen (secondary N) is 2. The van der Waals surface area contributed by atoms with Gasteiger partial charge in [0.15, 0.2) is 6.61 Å². The van der Waals surface area contributed by atoms with E-state index in [0.29, 0.717) is 34.9 Å². The Morgan fingerprint density at radius 3 is 2.68 bits per heavy atom. The number of aromatic amines is 1. The van der Waals surface area contributed by atoms with Crippen LogP contribution in [0.15, 0.2) is 59.4 Å². The summed E-state index contributed by atoms with van der Waals surface area (Å²) in [7, 11) is 0. The highest BCUT2D eigenvalue weighted by molar-refractivity contribution is 5.95. The van der Waals surface area contributed by atoms with Gasteiger partial charge in [-0.2, -0.15) is 0 Å². The van der Waals surface area contributed by atoms with Gasteiger partial charge < -0.3 is 19.9 Å². The number of hydrogen-bond donors (Lipinski definition) is 2. The number of nitrogens with zero attached hydrogens (tertiary/aromatic N) is 2. The first-order chi connectivity index (χ1) is 15.0. The van der Waals surface area contributed by atoms with E-state index in [9.17, 15) is 14.4 Å². The fourth-order valence-electron chi connectivity index (χ4n) is 3.45. The van der Waals surface area contributed by atoms with Crippen LogP contribution in [0.5, 0.6) is 5.75 Å². The topological polar surface area (TPSA) is 104 Å².